The van der Waals surface area contributed by atoms with Crippen molar-refractivity contribution in [3.05, 3.63) is 102 Å². The number of hydrogen-bond acceptors (Lipinski definition) is 4. The van der Waals surface area contributed by atoms with Gasteiger partial charge in [-0.25, -0.2) is 9.59 Å². The van der Waals surface area contributed by atoms with E-state index >= 15 is 0 Å². The SMILES string of the molecule is CC(Cc1cccc2cnccc12)(NC(=O)OCC1c2ccccc2-c2ccccc21)C(=O)O. The fourth-order valence-electron chi connectivity index (χ4n) is 4.76. The Labute approximate surface area is 197 Å². The maximum absolute atomic E-state index is 12.8. The number of nitrogens with zero attached hydrogens (tertiary/aromatic N) is 1. The Morgan fingerprint density at radius 3 is 2.32 bits per heavy atom. The zero-order valence-corrected chi connectivity index (χ0v) is 18.7. The summed E-state index contributed by atoms with van der Waals surface area (Å²) in [5, 5.41) is 14.4. The molecule has 1 aromatic heterocycles. The molecular formula is C28H24N2O4. The largest absolute Gasteiger partial charge is 0.480 e. The van der Waals surface area contributed by atoms with E-state index in [-0.39, 0.29) is 18.9 Å². The zero-order valence-electron chi connectivity index (χ0n) is 18.7. The van der Waals surface area contributed by atoms with Crippen LogP contribution in [0.5, 0.6) is 0 Å². The average Bonchev–Trinajstić information content (AvgIpc) is 3.16. The molecule has 0 spiro atoms. The molecule has 1 aliphatic rings. The van der Waals surface area contributed by atoms with E-state index in [0.717, 1.165) is 38.6 Å². The molecule has 1 amide bonds. The second-order valence-electron chi connectivity index (χ2n) is 8.78. The van der Waals surface area contributed by atoms with E-state index in [1.807, 2.05) is 60.7 Å². The highest BCUT2D eigenvalue weighted by Crippen LogP contribution is 2.44. The molecule has 0 aliphatic heterocycles. The summed E-state index contributed by atoms with van der Waals surface area (Å²) >= 11 is 0. The quantitative estimate of drug-likeness (QED) is 0.422. The minimum absolute atomic E-state index is 0.0974. The number of nitrogens with one attached hydrogen (secondary N) is 1. The van der Waals surface area contributed by atoms with Crippen molar-refractivity contribution >= 4 is 22.8 Å². The van der Waals surface area contributed by atoms with Gasteiger partial charge in [0.2, 0.25) is 0 Å². The molecule has 1 unspecified atom stereocenters. The number of ether oxygens (including phenoxy) is 1. The number of benzene rings is 3. The van der Waals surface area contributed by atoms with Crippen molar-refractivity contribution in [2.75, 3.05) is 6.61 Å². The highest BCUT2D eigenvalue weighted by atomic mass is 16.5. The molecule has 0 saturated carbocycles. The number of carbonyl (C=O) groups excluding carboxylic acids is 1. The molecule has 0 saturated heterocycles. The predicted molar refractivity (Wildman–Crippen MR) is 130 cm³/mol. The number of carboxylic acids is 1. The van der Waals surface area contributed by atoms with Crippen molar-refractivity contribution in [3.8, 4) is 11.1 Å². The van der Waals surface area contributed by atoms with Crippen molar-refractivity contribution in [2.45, 2.75) is 24.8 Å². The number of hydrogen-bond donors (Lipinski definition) is 2. The van der Waals surface area contributed by atoms with Gasteiger partial charge in [0.1, 0.15) is 12.1 Å². The van der Waals surface area contributed by atoms with Crippen molar-refractivity contribution in [3.63, 3.8) is 0 Å². The molecule has 5 rings (SSSR count). The van der Waals surface area contributed by atoms with E-state index in [1.165, 1.54) is 6.92 Å². The lowest BCUT2D eigenvalue weighted by Gasteiger charge is -2.27. The van der Waals surface area contributed by atoms with Crippen LogP contribution in [0, 0.1) is 0 Å². The molecule has 1 atom stereocenters. The van der Waals surface area contributed by atoms with Crippen LogP contribution in [0.15, 0.2) is 85.2 Å². The van der Waals surface area contributed by atoms with E-state index in [0.29, 0.717) is 0 Å². The number of fused-ring (bicyclic) bond motifs is 4. The molecular weight excluding hydrogens is 428 g/mol. The Morgan fingerprint density at radius 2 is 1.65 bits per heavy atom. The van der Waals surface area contributed by atoms with Gasteiger partial charge in [0, 0.05) is 30.1 Å². The molecule has 2 N–H and O–H groups in total. The normalized spacial score (nSPS) is 14.1. The summed E-state index contributed by atoms with van der Waals surface area (Å²) in [5.41, 5.74) is 3.73. The first-order valence-corrected chi connectivity index (χ1v) is 11.1. The molecule has 34 heavy (non-hydrogen) atoms. The first-order valence-electron chi connectivity index (χ1n) is 11.1. The number of rotatable bonds is 6. The highest BCUT2D eigenvalue weighted by molar-refractivity contribution is 5.88. The maximum atomic E-state index is 12.8. The minimum atomic E-state index is -1.54. The monoisotopic (exact) mass is 452 g/mol. The van der Waals surface area contributed by atoms with E-state index in [9.17, 15) is 14.7 Å². The van der Waals surface area contributed by atoms with Crippen LogP contribution in [-0.2, 0) is 16.0 Å². The summed E-state index contributed by atoms with van der Waals surface area (Å²) in [4.78, 5) is 29.1. The lowest BCUT2D eigenvalue weighted by molar-refractivity contribution is -0.143. The van der Waals surface area contributed by atoms with Gasteiger partial charge in [-0.15, -0.1) is 0 Å². The maximum Gasteiger partial charge on any atom is 0.408 e. The second kappa shape index (κ2) is 8.63. The van der Waals surface area contributed by atoms with Gasteiger partial charge in [-0.05, 0) is 46.2 Å². The van der Waals surface area contributed by atoms with Crippen LogP contribution >= 0.6 is 0 Å². The molecule has 0 radical (unpaired) electrons. The molecule has 1 heterocycles. The lowest BCUT2D eigenvalue weighted by atomic mass is 9.90. The lowest BCUT2D eigenvalue weighted by Crippen LogP contribution is -2.54. The Hall–Kier alpha value is -4.19. The number of carbonyl (C=O) groups is 2. The van der Waals surface area contributed by atoms with Crippen LogP contribution in [0.2, 0.25) is 0 Å². The van der Waals surface area contributed by atoms with Gasteiger partial charge in [-0.1, -0.05) is 66.7 Å². The molecule has 6 heteroatoms. The molecule has 1 aliphatic carbocycles. The number of carboxylic acid groups (broad SMARTS) is 1. The highest BCUT2D eigenvalue weighted by Gasteiger charge is 2.37. The smallest absolute Gasteiger partial charge is 0.408 e. The third kappa shape index (κ3) is 3.88. The molecule has 6 nitrogen and oxygen atoms in total. The van der Waals surface area contributed by atoms with E-state index in [4.69, 9.17) is 4.74 Å². The van der Waals surface area contributed by atoms with Crippen molar-refractivity contribution < 1.29 is 19.4 Å². The van der Waals surface area contributed by atoms with Gasteiger partial charge >= 0.3 is 12.1 Å². The molecule has 170 valence electrons. The number of aromatic nitrogens is 1. The summed E-state index contributed by atoms with van der Waals surface area (Å²) < 4.78 is 5.59. The fourth-order valence-corrected chi connectivity index (χ4v) is 4.76. The third-order valence-corrected chi connectivity index (χ3v) is 6.51. The van der Waals surface area contributed by atoms with Gasteiger partial charge in [-0.2, -0.15) is 0 Å². The van der Waals surface area contributed by atoms with Gasteiger partial charge in [0.05, 0.1) is 0 Å². The first kappa shape index (κ1) is 21.6. The number of alkyl carbamates (subject to hydrolysis) is 1. The van der Waals surface area contributed by atoms with Gasteiger partial charge < -0.3 is 15.2 Å². The predicted octanol–water partition coefficient (Wildman–Crippen LogP) is 5.16. The van der Waals surface area contributed by atoms with Gasteiger partial charge in [0.25, 0.3) is 0 Å². The fraction of sp³-hybridized carbons (Fsp3) is 0.179. The molecule has 0 bridgehead atoms. The third-order valence-electron chi connectivity index (χ3n) is 6.51. The van der Waals surface area contributed by atoms with Crippen LogP contribution in [0.1, 0.15) is 29.5 Å². The standard InChI is InChI=1S/C28H24N2O4/c1-28(26(31)32,15-18-7-6-8-19-16-29-14-13-20(18)19)30-27(33)34-17-25-23-11-4-2-9-21(23)22-10-3-5-12-24(22)25/h2-14,16,25H,15,17H2,1H3,(H,30,33)(H,31,32). The zero-order chi connectivity index (χ0) is 23.7. The summed E-state index contributed by atoms with van der Waals surface area (Å²) in [5.74, 6) is -1.23. The van der Waals surface area contributed by atoms with Crippen LogP contribution in [0.3, 0.4) is 0 Å². The van der Waals surface area contributed by atoms with Crippen molar-refractivity contribution in [1.29, 1.82) is 0 Å². The Morgan fingerprint density at radius 1 is 0.971 bits per heavy atom. The van der Waals surface area contributed by atoms with E-state index < -0.39 is 17.6 Å². The summed E-state index contributed by atoms with van der Waals surface area (Å²) in [6.07, 6.45) is 2.75. The Kier molecular flexibility index (Phi) is 5.49. The topological polar surface area (TPSA) is 88.5 Å². The number of amides is 1. The molecule has 0 fully saturated rings. The van der Waals surface area contributed by atoms with Crippen LogP contribution in [0.25, 0.3) is 21.9 Å². The van der Waals surface area contributed by atoms with E-state index in [2.05, 4.69) is 22.4 Å². The second-order valence-corrected chi connectivity index (χ2v) is 8.78. The van der Waals surface area contributed by atoms with Crippen molar-refractivity contribution in [1.82, 2.24) is 10.3 Å². The Balaban J connectivity index is 1.33. The van der Waals surface area contributed by atoms with Crippen LogP contribution in [0.4, 0.5) is 4.79 Å². The average molecular weight is 453 g/mol. The van der Waals surface area contributed by atoms with Gasteiger partial charge in [-0.3, -0.25) is 4.98 Å². The summed E-state index contributed by atoms with van der Waals surface area (Å²) in [7, 11) is 0. The van der Waals surface area contributed by atoms with Crippen molar-refractivity contribution in [2.24, 2.45) is 0 Å². The van der Waals surface area contributed by atoms with Crippen LogP contribution in [-0.4, -0.2) is 34.3 Å². The summed E-state index contributed by atoms with van der Waals surface area (Å²) in [6, 6.07) is 23.6. The molecule has 3 aromatic carbocycles. The molecule has 4 aromatic rings. The van der Waals surface area contributed by atoms with Crippen LogP contribution < -0.4 is 5.32 Å². The van der Waals surface area contributed by atoms with Gasteiger partial charge in [0.15, 0.2) is 0 Å². The first-order chi connectivity index (χ1) is 16.5. The number of pyridine rings is 1. The number of aliphatic carboxylic acids is 1. The van der Waals surface area contributed by atoms with E-state index in [1.54, 1.807) is 12.4 Å². The Bertz CT molecular complexity index is 1350. The summed E-state index contributed by atoms with van der Waals surface area (Å²) in [6.45, 7) is 1.62. The minimum Gasteiger partial charge on any atom is -0.480 e.